The van der Waals surface area contributed by atoms with Gasteiger partial charge in [-0.05, 0) is 44.4 Å². The van der Waals surface area contributed by atoms with Gasteiger partial charge in [0, 0.05) is 6.61 Å². The van der Waals surface area contributed by atoms with Crippen LogP contribution < -0.4 is 0 Å². The van der Waals surface area contributed by atoms with Gasteiger partial charge in [-0.2, -0.15) is 0 Å². The first-order chi connectivity index (χ1) is 12.9. The Morgan fingerprint density at radius 1 is 0.385 bits per heavy atom. The fourth-order valence-corrected chi connectivity index (χ4v) is 4.59. The molecule has 0 aromatic rings. The van der Waals surface area contributed by atoms with Gasteiger partial charge in [0.15, 0.2) is 0 Å². The Morgan fingerprint density at radius 2 is 0.846 bits per heavy atom. The molecule has 5 heteroatoms. The van der Waals surface area contributed by atoms with Crippen LogP contribution in [0.4, 0.5) is 0 Å². The van der Waals surface area contributed by atoms with Gasteiger partial charge in [-0.25, -0.2) is 0 Å². The second kappa shape index (κ2) is 12.3. The molecule has 4 unspecified atom stereocenters. The van der Waals surface area contributed by atoms with Crippen LogP contribution in [0.5, 0.6) is 0 Å². The number of hydrogen-bond acceptors (Lipinski definition) is 5. The summed E-state index contributed by atoms with van der Waals surface area (Å²) >= 11 is 0. The number of fused-ring (bicyclic) bond motifs is 2. The van der Waals surface area contributed by atoms with E-state index in [0.29, 0.717) is 51.7 Å². The van der Waals surface area contributed by atoms with Crippen molar-refractivity contribution in [3.63, 3.8) is 0 Å². The van der Waals surface area contributed by atoms with Crippen molar-refractivity contribution in [2.75, 3.05) is 46.2 Å². The van der Waals surface area contributed by atoms with E-state index in [9.17, 15) is 0 Å². The minimum Gasteiger partial charge on any atom is -0.379 e. The molecule has 2 saturated carbocycles. The Bertz CT molecular complexity index is 298. The third-order valence-electron chi connectivity index (χ3n) is 6.02. The molecule has 5 nitrogen and oxygen atoms in total. The van der Waals surface area contributed by atoms with Crippen molar-refractivity contribution < 1.29 is 23.7 Å². The summed E-state index contributed by atoms with van der Waals surface area (Å²) in [6.07, 6.45) is 13.0. The number of rotatable bonds is 0. The highest BCUT2D eigenvalue weighted by Gasteiger charge is 2.27. The third-order valence-corrected chi connectivity index (χ3v) is 6.02. The molecular formula is C21H38O5. The molecule has 0 amide bonds. The minimum absolute atomic E-state index is 0.213. The summed E-state index contributed by atoms with van der Waals surface area (Å²) in [7, 11) is 0. The van der Waals surface area contributed by atoms with Crippen LogP contribution in [0.15, 0.2) is 0 Å². The van der Waals surface area contributed by atoms with Crippen molar-refractivity contribution in [2.45, 2.75) is 82.5 Å². The molecule has 1 aliphatic heterocycles. The predicted octanol–water partition coefficient (Wildman–Crippen LogP) is 3.73. The van der Waals surface area contributed by atoms with Crippen molar-refractivity contribution in [3.05, 3.63) is 0 Å². The lowest BCUT2D eigenvalue weighted by Gasteiger charge is -2.32. The zero-order valence-electron chi connectivity index (χ0n) is 16.4. The van der Waals surface area contributed by atoms with Gasteiger partial charge in [0.2, 0.25) is 0 Å². The second-order valence-corrected chi connectivity index (χ2v) is 7.92. The summed E-state index contributed by atoms with van der Waals surface area (Å²) in [4.78, 5) is 0. The van der Waals surface area contributed by atoms with Crippen LogP contribution in [0.25, 0.3) is 0 Å². The van der Waals surface area contributed by atoms with E-state index in [4.69, 9.17) is 23.7 Å². The lowest BCUT2D eigenvalue weighted by Crippen LogP contribution is -2.36. The Morgan fingerprint density at radius 3 is 1.50 bits per heavy atom. The van der Waals surface area contributed by atoms with Gasteiger partial charge in [-0.15, -0.1) is 0 Å². The van der Waals surface area contributed by atoms with Crippen LogP contribution in [0.3, 0.4) is 0 Å². The van der Waals surface area contributed by atoms with Gasteiger partial charge < -0.3 is 23.7 Å². The fraction of sp³-hybridized carbons (Fsp3) is 1.00. The van der Waals surface area contributed by atoms with Gasteiger partial charge in [0.1, 0.15) is 0 Å². The maximum atomic E-state index is 6.15. The third kappa shape index (κ3) is 7.08. The van der Waals surface area contributed by atoms with E-state index in [1.165, 1.54) is 44.9 Å². The summed E-state index contributed by atoms with van der Waals surface area (Å²) in [6, 6.07) is 0. The molecule has 0 bridgehead atoms. The molecule has 1 heterocycles. The van der Waals surface area contributed by atoms with Crippen molar-refractivity contribution in [1.82, 2.24) is 0 Å². The first-order valence-electron chi connectivity index (χ1n) is 10.9. The molecule has 152 valence electrons. The maximum Gasteiger partial charge on any atom is 0.0837 e. The predicted molar refractivity (Wildman–Crippen MR) is 101 cm³/mol. The van der Waals surface area contributed by atoms with Crippen LogP contribution >= 0.6 is 0 Å². The highest BCUT2D eigenvalue weighted by atomic mass is 16.6. The Kier molecular flexibility index (Phi) is 9.71. The molecule has 0 N–H and O–H groups in total. The largest absolute Gasteiger partial charge is 0.379 e. The number of ether oxygens (including phenoxy) is 5. The van der Waals surface area contributed by atoms with Gasteiger partial charge >= 0.3 is 0 Å². The standard InChI is InChI=1S/C21H38O5/c1-2-8-19-18(6-1)7-5-11-22-12-16-25-20-9-3-4-10-21(20)26-17-14-23-13-15-24-19/h18-21H,1-17H2. The van der Waals surface area contributed by atoms with Crippen LogP contribution in [-0.2, 0) is 23.7 Å². The van der Waals surface area contributed by atoms with Gasteiger partial charge in [0.05, 0.1) is 58.0 Å². The highest BCUT2D eigenvalue weighted by molar-refractivity contribution is 4.77. The minimum atomic E-state index is 0.213. The van der Waals surface area contributed by atoms with Gasteiger partial charge in [-0.1, -0.05) is 25.7 Å². The van der Waals surface area contributed by atoms with Crippen molar-refractivity contribution in [1.29, 1.82) is 0 Å². The molecule has 4 atom stereocenters. The summed E-state index contributed by atoms with van der Waals surface area (Å²) in [5.41, 5.74) is 0. The van der Waals surface area contributed by atoms with E-state index in [-0.39, 0.29) is 12.2 Å². The summed E-state index contributed by atoms with van der Waals surface area (Å²) in [5.74, 6) is 0.689. The normalized spacial score (nSPS) is 36.9. The first kappa shape index (κ1) is 20.5. The second-order valence-electron chi connectivity index (χ2n) is 7.92. The van der Waals surface area contributed by atoms with E-state index < -0.39 is 0 Å². The topological polar surface area (TPSA) is 46.2 Å². The molecule has 26 heavy (non-hydrogen) atoms. The van der Waals surface area contributed by atoms with Crippen molar-refractivity contribution >= 4 is 0 Å². The molecule has 0 spiro atoms. The molecular weight excluding hydrogens is 332 g/mol. The van der Waals surface area contributed by atoms with E-state index >= 15 is 0 Å². The monoisotopic (exact) mass is 370 g/mol. The zero-order chi connectivity index (χ0) is 17.9. The molecule has 0 radical (unpaired) electrons. The first-order valence-corrected chi connectivity index (χ1v) is 10.9. The van der Waals surface area contributed by atoms with E-state index in [1.54, 1.807) is 0 Å². The molecule has 3 aliphatic rings. The Labute approximate surface area is 159 Å². The average Bonchev–Trinajstić information content (AvgIpc) is 2.68. The smallest absolute Gasteiger partial charge is 0.0837 e. The van der Waals surface area contributed by atoms with E-state index in [1.807, 2.05) is 0 Å². The van der Waals surface area contributed by atoms with Gasteiger partial charge in [-0.3, -0.25) is 0 Å². The van der Waals surface area contributed by atoms with Crippen LogP contribution in [0.2, 0.25) is 0 Å². The van der Waals surface area contributed by atoms with Gasteiger partial charge in [0.25, 0.3) is 0 Å². The summed E-state index contributed by atoms with van der Waals surface area (Å²) in [5, 5.41) is 0. The Balaban J connectivity index is 1.44. The molecule has 3 rings (SSSR count). The highest BCUT2D eigenvalue weighted by Crippen LogP contribution is 2.30. The maximum absolute atomic E-state index is 6.15. The van der Waals surface area contributed by atoms with Crippen molar-refractivity contribution in [2.24, 2.45) is 5.92 Å². The number of hydrogen-bond donors (Lipinski definition) is 0. The Hall–Kier alpha value is -0.200. The lowest BCUT2D eigenvalue weighted by molar-refractivity contribution is -0.113. The van der Waals surface area contributed by atoms with E-state index in [0.717, 1.165) is 25.9 Å². The molecule has 3 fully saturated rings. The summed E-state index contributed by atoms with van der Waals surface area (Å²) in [6.45, 7) is 4.86. The zero-order valence-corrected chi connectivity index (χ0v) is 16.4. The lowest BCUT2D eigenvalue weighted by atomic mass is 9.83. The van der Waals surface area contributed by atoms with E-state index in [2.05, 4.69) is 0 Å². The SMILES string of the molecule is C1CCC2OCCOCCOC3CCCCC3OCCOCCCC2C1. The van der Waals surface area contributed by atoms with Crippen LogP contribution in [-0.4, -0.2) is 64.6 Å². The average molecular weight is 371 g/mol. The molecule has 0 aromatic heterocycles. The molecule has 0 aromatic carbocycles. The molecule has 2 aliphatic carbocycles. The quantitative estimate of drug-likeness (QED) is 0.650. The van der Waals surface area contributed by atoms with Crippen LogP contribution in [0.1, 0.15) is 64.2 Å². The van der Waals surface area contributed by atoms with Crippen molar-refractivity contribution in [3.8, 4) is 0 Å². The summed E-state index contributed by atoms with van der Waals surface area (Å²) < 4.78 is 29.8. The fourth-order valence-electron chi connectivity index (χ4n) is 4.59. The molecule has 1 saturated heterocycles. The van der Waals surface area contributed by atoms with Crippen LogP contribution in [0, 0.1) is 5.92 Å².